The summed E-state index contributed by atoms with van der Waals surface area (Å²) < 4.78 is 14.7. The zero-order valence-corrected chi connectivity index (χ0v) is 13.0. The van der Waals surface area contributed by atoms with Gasteiger partial charge in [0.25, 0.3) is 0 Å². The molecule has 0 spiro atoms. The minimum Gasteiger partial charge on any atom is -0.205 e. The minimum atomic E-state index is -0.224. The molecule has 0 aromatic heterocycles. The first-order valence-electron chi connectivity index (χ1n) is 7.70. The molecule has 21 heavy (non-hydrogen) atoms. The summed E-state index contributed by atoms with van der Waals surface area (Å²) >= 11 is 6.31. The first-order valence-corrected chi connectivity index (χ1v) is 8.08. The van der Waals surface area contributed by atoms with E-state index in [1.807, 2.05) is 42.5 Å². The summed E-state index contributed by atoms with van der Waals surface area (Å²) in [5, 5.41) is 0.261. The Bertz CT molecular complexity index is 613. The van der Waals surface area contributed by atoms with Gasteiger partial charge in [-0.2, -0.15) is 0 Å². The minimum absolute atomic E-state index is 0.224. The molecule has 110 valence electrons. The van der Waals surface area contributed by atoms with Crippen LogP contribution in [-0.4, -0.2) is 0 Å². The van der Waals surface area contributed by atoms with Crippen molar-refractivity contribution >= 4 is 11.6 Å². The molecule has 0 N–H and O–H groups in total. The Hall–Kier alpha value is -1.34. The predicted octanol–water partition coefficient (Wildman–Crippen LogP) is 6.44. The second kappa shape index (κ2) is 6.19. The smallest absolute Gasteiger partial charge is 0.145 e. The molecular weight excluding hydrogens is 283 g/mol. The van der Waals surface area contributed by atoms with Crippen molar-refractivity contribution in [2.24, 2.45) is 5.92 Å². The number of halogens is 2. The summed E-state index contributed by atoms with van der Waals surface area (Å²) in [6, 6.07) is 13.7. The first kappa shape index (κ1) is 14.6. The highest BCUT2D eigenvalue weighted by Crippen LogP contribution is 2.40. The lowest BCUT2D eigenvalue weighted by molar-refractivity contribution is 0.342. The van der Waals surface area contributed by atoms with Gasteiger partial charge in [-0.05, 0) is 35.8 Å². The molecule has 1 aliphatic rings. The summed E-state index contributed by atoms with van der Waals surface area (Å²) in [5.74, 6) is 0.865. The molecular formula is C19H20ClF. The zero-order valence-electron chi connectivity index (χ0n) is 12.3. The largest absolute Gasteiger partial charge is 0.205 e. The molecule has 2 heteroatoms. The van der Waals surface area contributed by atoms with E-state index in [0.717, 1.165) is 35.4 Å². The molecule has 0 atom stereocenters. The molecule has 0 aliphatic heterocycles. The summed E-state index contributed by atoms with van der Waals surface area (Å²) in [5.41, 5.74) is 2.54. The molecule has 0 saturated heterocycles. The van der Waals surface area contributed by atoms with Crippen molar-refractivity contribution in [2.45, 2.75) is 38.5 Å². The molecule has 0 amide bonds. The van der Waals surface area contributed by atoms with Gasteiger partial charge in [-0.25, -0.2) is 4.39 Å². The third-order valence-electron chi connectivity index (χ3n) is 4.65. The van der Waals surface area contributed by atoms with Gasteiger partial charge in [0, 0.05) is 5.56 Å². The van der Waals surface area contributed by atoms with E-state index in [1.165, 1.54) is 12.8 Å². The highest BCUT2D eigenvalue weighted by molar-refractivity contribution is 6.33. The first-order chi connectivity index (χ1) is 10.2. The Morgan fingerprint density at radius 3 is 2.29 bits per heavy atom. The molecule has 0 radical (unpaired) electrons. The van der Waals surface area contributed by atoms with Crippen molar-refractivity contribution < 1.29 is 4.39 Å². The molecule has 0 nitrogen and oxygen atoms in total. The van der Waals surface area contributed by atoms with E-state index in [9.17, 15) is 4.39 Å². The van der Waals surface area contributed by atoms with Crippen LogP contribution in [-0.2, 0) is 0 Å². The van der Waals surface area contributed by atoms with E-state index in [0.29, 0.717) is 5.92 Å². The molecule has 0 heterocycles. The Morgan fingerprint density at radius 2 is 1.62 bits per heavy atom. The van der Waals surface area contributed by atoms with E-state index in [4.69, 9.17) is 11.6 Å². The van der Waals surface area contributed by atoms with E-state index >= 15 is 0 Å². The topological polar surface area (TPSA) is 0 Å². The summed E-state index contributed by atoms with van der Waals surface area (Å²) in [4.78, 5) is 0. The third-order valence-corrected chi connectivity index (χ3v) is 5.02. The lowest BCUT2D eigenvalue weighted by atomic mass is 9.79. The van der Waals surface area contributed by atoms with Crippen LogP contribution in [0.3, 0.4) is 0 Å². The summed E-state index contributed by atoms with van der Waals surface area (Å²) in [6.07, 6.45) is 4.50. The van der Waals surface area contributed by atoms with E-state index in [-0.39, 0.29) is 10.8 Å². The molecule has 0 unspecified atom stereocenters. The molecule has 0 bridgehead atoms. The lowest BCUT2D eigenvalue weighted by Crippen LogP contribution is -2.12. The van der Waals surface area contributed by atoms with Crippen LogP contribution in [0.4, 0.5) is 4.39 Å². The fourth-order valence-corrected chi connectivity index (χ4v) is 3.57. The van der Waals surface area contributed by atoms with Crippen LogP contribution >= 0.6 is 11.6 Å². The SMILES string of the molecule is CC1CCC(c2ccc(-c3ccccc3)c(Cl)c2F)CC1. The number of benzene rings is 2. The van der Waals surface area contributed by atoms with Crippen LogP contribution in [0.25, 0.3) is 11.1 Å². The zero-order chi connectivity index (χ0) is 14.8. The van der Waals surface area contributed by atoms with Crippen molar-refractivity contribution in [3.8, 4) is 11.1 Å². The Labute approximate surface area is 131 Å². The van der Waals surface area contributed by atoms with Crippen molar-refractivity contribution in [3.05, 3.63) is 58.9 Å². The molecule has 1 aliphatic carbocycles. The monoisotopic (exact) mass is 302 g/mol. The van der Waals surface area contributed by atoms with Crippen LogP contribution in [0.5, 0.6) is 0 Å². The van der Waals surface area contributed by atoms with Gasteiger partial charge in [-0.3, -0.25) is 0 Å². The predicted molar refractivity (Wildman–Crippen MR) is 87.2 cm³/mol. The van der Waals surface area contributed by atoms with Gasteiger partial charge < -0.3 is 0 Å². The van der Waals surface area contributed by atoms with Crippen LogP contribution in [0.2, 0.25) is 5.02 Å². The molecule has 1 saturated carbocycles. The van der Waals surface area contributed by atoms with Crippen LogP contribution in [0, 0.1) is 11.7 Å². The molecule has 2 aromatic carbocycles. The molecule has 3 rings (SSSR count). The average Bonchev–Trinajstić information content (AvgIpc) is 2.52. The average molecular weight is 303 g/mol. The molecule has 2 aromatic rings. The normalized spacial score (nSPS) is 22.2. The third kappa shape index (κ3) is 2.98. The van der Waals surface area contributed by atoms with Gasteiger partial charge in [0.15, 0.2) is 0 Å². The van der Waals surface area contributed by atoms with Crippen molar-refractivity contribution in [3.63, 3.8) is 0 Å². The Balaban J connectivity index is 1.93. The van der Waals surface area contributed by atoms with Crippen molar-refractivity contribution in [2.75, 3.05) is 0 Å². The highest BCUT2D eigenvalue weighted by Gasteiger charge is 2.24. The van der Waals surface area contributed by atoms with Crippen LogP contribution < -0.4 is 0 Å². The summed E-state index contributed by atoms with van der Waals surface area (Å²) in [7, 11) is 0. The fraction of sp³-hybridized carbons (Fsp3) is 0.368. The maximum Gasteiger partial charge on any atom is 0.145 e. The number of hydrogen-bond acceptors (Lipinski definition) is 0. The van der Waals surface area contributed by atoms with Gasteiger partial charge in [-0.1, -0.05) is 73.8 Å². The van der Waals surface area contributed by atoms with Crippen molar-refractivity contribution in [1.29, 1.82) is 0 Å². The Morgan fingerprint density at radius 1 is 0.952 bits per heavy atom. The Kier molecular flexibility index (Phi) is 4.30. The molecule has 1 fully saturated rings. The second-order valence-corrected chi connectivity index (χ2v) is 6.53. The van der Waals surface area contributed by atoms with E-state index in [2.05, 4.69) is 6.92 Å². The van der Waals surface area contributed by atoms with E-state index in [1.54, 1.807) is 0 Å². The van der Waals surface area contributed by atoms with E-state index < -0.39 is 0 Å². The van der Waals surface area contributed by atoms with Crippen LogP contribution in [0.15, 0.2) is 42.5 Å². The van der Waals surface area contributed by atoms with Gasteiger partial charge in [-0.15, -0.1) is 0 Å². The quantitative estimate of drug-likeness (QED) is 0.599. The maximum atomic E-state index is 14.7. The van der Waals surface area contributed by atoms with Gasteiger partial charge in [0.1, 0.15) is 5.82 Å². The van der Waals surface area contributed by atoms with Gasteiger partial charge in [0.05, 0.1) is 5.02 Å². The second-order valence-electron chi connectivity index (χ2n) is 6.15. The highest BCUT2D eigenvalue weighted by atomic mass is 35.5. The summed E-state index contributed by atoms with van der Waals surface area (Å²) in [6.45, 7) is 2.28. The fourth-order valence-electron chi connectivity index (χ4n) is 3.29. The number of rotatable bonds is 2. The van der Waals surface area contributed by atoms with Gasteiger partial charge >= 0.3 is 0 Å². The number of hydrogen-bond donors (Lipinski definition) is 0. The van der Waals surface area contributed by atoms with Crippen molar-refractivity contribution in [1.82, 2.24) is 0 Å². The van der Waals surface area contributed by atoms with Gasteiger partial charge in [0.2, 0.25) is 0 Å². The maximum absolute atomic E-state index is 14.7. The standard InChI is InChI=1S/C19H20ClF/c1-13-7-9-15(10-8-13)17-12-11-16(18(20)19(17)21)14-5-3-2-4-6-14/h2-6,11-13,15H,7-10H2,1H3. The lowest BCUT2D eigenvalue weighted by Gasteiger charge is -2.27. The van der Waals surface area contributed by atoms with Crippen LogP contribution in [0.1, 0.15) is 44.1 Å².